The second kappa shape index (κ2) is 12.9. The summed E-state index contributed by atoms with van der Waals surface area (Å²) in [7, 11) is 1.15. The van der Waals surface area contributed by atoms with Crippen LogP contribution in [-0.4, -0.2) is 58.8 Å². The molecule has 2 aliphatic rings. The standard InChI is InChI=1S/C22H36N4OS.HI/c1-3-28(27)21-11-6-10-20(16-21)25-22(23-2)24-13-7-14-26-15-12-18-8-4-5-9-19(18)17-26;/h4-5,8-9,20-21H,3,6-7,10-17H2,1-2H3,(H2,23,24,25);1H. The van der Waals surface area contributed by atoms with Crippen LogP contribution in [0.4, 0.5) is 0 Å². The Morgan fingerprint density at radius 1 is 1.28 bits per heavy atom. The largest absolute Gasteiger partial charge is 0.356 e. The molecular formula is C22H37IN4OS. The van der Waals surface area contributed by atoms with Crippen LogP contribution in [-0.2, 0) is 23.8 Å². The summed E-state index contributed by atoms with van der Waals surface area (Å²) < 4.78 is 12.1. The minimum absolute atomic E-state index is 0. The van der Waals surface area contributed by atoms with Crippen molar-refractivity contribution in [3.05, 3.63) is 35.4 Å². The van der Waals surface area contributed by atoms with E-state index in [2.05, 4.69) is 44.8 Å². The van der Waals surface area contributed by atoms with Crippen molar-refractivity contribution in [2.45, 2.75) is 63.3 Å². The van der Waals surface area contributed by atoms with Crippen LogP contribution >= 0.6 is 24.0 Å². The molecule has 0 amide bonds. The Balaban J connectivity index is 0.00000300. The second-order valence-corrected chi connectivity index (χ2v) is 9.95. The molecule has 0 spiro atoms. The maximum Gasteiger partial charge on any atom is 0.191 e. The van der Waals surface area contributed by atoms with Gasteiger partial charge in [-0.1, -0.05) is 37.6 Å². The van der Waals surface area contributed by atoms with Crippen LogP contribution in [0.2, 0.25) is 0 Å². The van der Waals surface area contributed by atoms with Gasteiger partial charge in [-0.25, -0.2) is 0 Å². The van der Waals surface area contributed by atoms with Crippen molar-refractivity contribution in [2.75, 3.05) is 32.4 Å². The molecule has 7 heteroatoms. The van der Waals surface area contributed by atoms with Gasteiger partial charge in [0, 0.05) is 61.1 Å². The molecule has 1 heterocycles. The fraction of sp³-hybridized carbons (Fsp3) is 0.682. The number of aliphatic imine (C=N–C) groups is 1. The van der Waals surface area contributed by atoms with Crippen molar-refractivity contribution >= 4 is 40.7 Å². The molecule has 3 rings (SSSR count). The summed E-state index contributed by atoms with van der Waals surface area (Å²) in [6.45, 7) is 6.28. The lowest BCUT2D eigenvalue weighted by Gasteiger charge is -2.30. The van der Waals surface area contributed by atoms with Gasteiger partial charge in [-0.3, -0.25) is 14.1 Å². The summed E-state index contributed by atoms with van der Waals surface area (Å²) in [6.07, 6.45) is 6.66. The predicted octanol–water partition coefficient (Wildman–Crippen LogP) is 3.30. The fourth-order valence-electron chi connectivity index (χ4n) is 4.39. The zero-order valence-electron chi connectivity index (χ0n) is 17.9. The zero-order valence-corrected chi connectivity index (χ0v) is 21.0. The molecule has 0 bridgehead atoms. The van der Waals surface area contributed by atoms with Crippen molar-refractivity contribution in [1.82, 2.24) is 15.5 Å². The van der Waals surface area contributed by atoms with Crippen LogP contribution in [0.1, 0.15) is 50.2 Å². The minimum atomic E-state index is -0.682. The van der Waals surface area contributed by atoms with Gasteiger partial charge in [0.15, 0.2) is 5.96 Å². The number of hydrogen-bond acceptors (Lipinski definition) is 3. The molecule has 29 heavy (non-hydrogen) atoms. The molecule has 2 N–H and O–H groups in total. The lowest BCUT2D eigenvalue weighted by Crippen LogP contribution is -2.47. The average Bonchev–Trinajstić information content (AvgIpc) is 2.75. The van der Waals surface area contributed by atoms with Crippen LogP contribution in [0, 0.1) is 0 Å². The van der Waals surface area contributed by atoms with Crippen molar-refractivity contribution in [3.8, 4) is 0 Å². The van der Waals surface area contributed by atoms with Crippen molar-refractivity contribution in [3.63, 3.8) is 0 Å². The summed E-state index contributed by atoms with van der Waals surface area (Å²) >= 11 is 0. The SMILES string of the molecule is CCS(=O)C1CCCC(NC(=NC)NCCCN2CCc3ccccc3C2)C1.I. The van der Waals surface area contributed by atoms with Crippen LogP contribution < -0.4 is 10.6 Å². The molecule has 5 nitrogen and oxygen atoms in total. The third-order valence-corrected chi connectivity index (χ3v) is 7.74. The monoisotopic (exact) mass is 532 g/mol. The molecule has 0 aromatic heterocycles. The first-order valence-corrected chi connectivity index (χ1v) is 12.2. The summed E-state index contributed by atoms with van der Waals surface area (Å²) in [5.74, 6) is 1.66. The van der Waals surface area contributed by atoms with Gasteiger partial charge in [-0.05, 0) is 43.2 Å². The molecule has 1 aromatic carbocycles. The van der Waals surface area contributed by atoms with Gasteiger partial charge in [-0.15, -0.1) is 24.0 Å². The number of halogens is 1. The number of fused-ring (bicyclic) bond motifs is 1. The highest BCUT2D eigenvalue weighted by molar-refractivity contribution is 14.0. The lowest BCUT2D eigenvalue weighted by atomic mass is 9.95. The second-order valence-electron chi connectivity index (χ2n) is 7.95. The van der Waals surface area contributed by atoms with Crippen molar-refractivity contribution in [1.29, 1.82) is 0 Å². The van der Waals surface area contributed by atoms with E-state index >= 15 is 0 Å². The molecule has 0 radical (unpaired) electrons. The van der Waals surface area contributed by atoms with Gasteiger partial charge < -0.3 is 10.6 Å². The topological polar surface area (TPSA) is 56.7 Å². The number of guanidine groups is 1. The van der Waals surface area contributed by atoms with Gasteiger partial charge in [-0.2, -0.15) is 0 Å². The third-order valence-electron chi connectivity index (χ3n) is 6.00. The van der Waals surface area contributed by atoms with Crippen molar-refractivity contribution in [2.24, 2.45) is 4.99 Å². The molecule has 3 atom stereocenters. The van der Waals surface area contributed by atoms with Crippen molar-refractivity contribution < 1.29 is 4.21 Å². The van der Waals surface area contributed by atoms with E-state index in [0.29, 0.717) is 11.3 Å². The molecule has 164 valence electrons. The summed E-state index contributed by atoms with van der Waals surface area (Å²) in [4.78, 5) is 6.94. The van der Waals surface area contributed by atoms with E-state index in [4.69, 9.17) is 0 Å². The molecule has 1 aromatic rings. The predicted molar refractivity (Wildman–Crippen MR) is 135 cm³/mol. The Labute approximate surface area is 196 Å². The number of rotatable bonds is 7. The number of benzene rings is 1. The van der Waals surface area contributed by atoms with Crippen LogP contribution in [0.25, 0.3) is 0 Å². The summed E-state index contributed by atoms with van der Waals surface area (Å²) in [6, 6.07) is 9.19. The fourth-order valence-corrected chi connectivity index (χ4v) is 5.74. The lowest BCUT2D eigenvalue weighted by molar-refractivity contribution is 0.251. The average molecular weight is 533 g/mol. The van der Waals surface area contributed by atoms with E-state index < -0.39 is 10.8 Å². The number of nitrogens with one attached hydrogen (secondary N) is 2. The van der Waals surface area contributed by atoms with E-state index in [9.17, 15) is 4.21 Å². The van der Waals surface area contributed by atoms with Gasteiger partial charge in [0.1, 0.15) is 0 Å². The molecule has 3 unspecified atom stereocenters. The smallest absolute Gasteiger partial charge is 0.191 e. The first-order chi connectivity index (χ1) is 13.7. The van der Waals surface area contributed by atoms with E-state index in [1.165, 1.54) is 11.1 Å². The van der Waals surface area contributed by atoms with Gasteiger partial charge in [0.05, 0.1) is 0 Å². The molecule has 0 saturated heterocycles. The highest BCUT2D eigenvalue weighted by Gasteiger charge is 2.26. The van der Waals surface area contributed by atoms with Crippen LogP contribution in [0.15, 0.2) is 29.3 Å². The third kappa shape index (κ3) is 7.51. The highest BCUT2D eigenvalue weighted by atomic mass is 127. The summed E-state index contributed by atoms with van der Waals surface area (Å²) in [5.41, 5.74) is 2.99. The van der Waals surface area contributed by atoms with Gasteiger partial charge in [0.2, 0.25) is 0 Å². The molecular weight excluding hydrogens is 495 g/mol. The number of hydrogen-bond donors (Lipinski definition) is 2. The first kappa shape index (κ1) is 24.6. The molecule has 1 saturated carbocycles. The maximum atomic E-state index is 12.1. The van der Waals surface area contributed by atoms with E-state index in [0.717, 1.165) is 76.4 Å². The zero-order chi connectivity index (χ0) is 19.8. The minimum Gasteiger partial charge on any atom is -0.356 e. The maximum absolute atomic E-state index is 12.1. The van der Waals surface area contributed by atoms with Gasteiger partial charge in [0.25, 0.3) is 0 Å². The quantitative estimate of drug-likeness (QED) is 0.245. The Hall–Kier alpha value is -0.670. The summed E-state index contributed by atoms with van der Waals surface area (Å²) in [5, 5.41) is 7.37. The molecule has 1 fully saturated rings. The van der Waals surface area contributed by atoms with E-state index in [1.807, 2.05) is 14.0 Å². The normalized spacial score (nSPS) is 23.6. The Bertz CT molecular complexity index is 685. The molecule has 1 aliphatic carbocycles. The van der Waals surface area contributed by atoms with Crippen LogP contribution in [0.5, 0.6) is 0 Å². The Morgan fingerprint density at radius 2 is 2.07 bits per heavy atom. The highest BCUT2D eigenvalue weighted by Crippen LogP contribution is 2.23. The number of nitrogens with zero attached hydrogens (tertiary/aromatic N) is 2. The Morgan fingerprint density at radius 3 is 2.83 bits per heavy atom. The molecule has 1 aliphatic heterocycles. The van der Waals surface area contributed by atoms with Gasteiger partial charge >= 0.3 is 0 Å². The van der Waals surface area contributed by atoms with E-state index in [-0.39, 0.29) is 24.0 Å². The van der Waals surface area contributed by atoms with E-state index in [1.54, 1.807) is 0 Å². The first-order valence-electron chi connectivity index (χ1n) is 10.8. The Kier molecular flexibility index (Phi) is 10.9. The van der Waals surface area contributed by atoms with Crippen LogP contribution in [0.3, 0.4) is 0 Å².